The van der Waals surface area contributed by atoms with Crippen LogP contribution in [0.5, 0.6) is 0 Å². The lowest BCUT2D eigenvalue weighted by atomic mass is 9.89. The van der Waals surface area contributed by atoms with E-state index in [0.29, 0.717) is 31.7 Å². The molecule has 1 aromatic heterocycles. The summed E-state index contributed by atoms with van der Waals surface area (Å²) in [6.45, 7) is 2.61. The molecular formula is C25H27N3O3. The molecule has 1 aliphatic heterocycles. The Kier molecular flexibility index (Phi) is 6.16. The van der Waals surface area contributed by atoms with Gasteiger partial charge in [0, 0.05) is 38.1 Å². The molecule has 2 aromatic carbocycles. The van der Waals surface area contributed by atoms with Crippen LogP contribution in [0.1, 0.15) is 31.1 Å². The van der Waals surface area contributed by atoms with Gasteiger partial charge in [-0.15, -0.1) is 0 Å². The number of hydrogen-bond donors (Lipinski definition) is 1. The summed E-state index contributed by atoms with van der Waals surface area (Å²) >= 11 is 0. The maximum absolute atomic E-state index is 13.4. The molecule has 0 unspecified atom stereocenters. The molecule has 2 heterocycles. The first-order valence-electron chi connectivity index (χ1n) is 10.7. The zero-order valence-electron chi connectivity index (χ0n) is 17.7. The Morgan fingerprint density at radius 3 is 2.52 bits per heavy atom. The van der Waals surface area contributed by atoms with Crippen molar-refractivity contribution in [2.75, 3.05) is 13.1 Å². The highest BCUT2D eigenvalue weighted by Gasteiger charge is 2.49. The van der Waals surface area contributed by atoms with Crippen LogP contribution in [-0.4, -0.2) is 40.5 Å². The van der Waals surface area contributed by atoms with E-state index in [9.17, 15) is 9.59 Å². The fourth-order valence-corrected chi connectivity index (χ4v) is 4.40. The lowest BCUT2D eigenvalue weighted by molar-refractivity contribution is -0.143. The van der Waals surface area contributed by atoms with E-state index in [0.717, 1.165) is 29.7 Å². The predicted molar refractivity (Wildman–Crippen MR) is 118 cm³/mol. The number of aromatic nitrogens is 1. The summed E-state index contributed by atoms with van der Waals surface area (Å²) in [7, 11) is 0. The molecule has 31 heavy (non-hydrogen) atoms. The Hall–Kier alpha value is -3.41. The molecule has 0 saturated carbocycles. The molecule has 0 aliphatic carbocycles. The predicted octanol–water partition coefficient (Wildman–Crippen LogP) is 3.62. The summed E-state index contributed by atoms with van der Waals surface area (Å²) in [6.07, 6.45) is 2.43. The van der Waals surface area contributed by atoms with E-state index in [1.165, 1.54) is 6.92 Å². The van der Waals surface area contributed by atoms with Gasteiger partial charge in [-0.1, -0.05) is 65.8 Å². The van der Waals surface area contributed by atoms with Crippen LogP contribution in [0, 0.1) is 0 Å². The Morgan fingerprint density at radius 2 is 1.81 bits per heavy atom. The van der Waals surface area contributed by atoms with E-state index in [-0.39, 0.29) is 11.8 Å². The molecule has 1 atom stereocenters. The second-order valence-electron chi connectivity index (χ2n) is 8.02. The minimum Gasteiger partial charge on any atom is -0.361 e. The average molecular weight is 418 g/mol. The lowest BCUT2D eigenvalue weighted by Crippen LogP contribution is -2.58. The maximum Gasteiger partial charge on any atom is 0.246 e. The molecule has 160 valence electrons. The Bertz CT molecular complexity index is 1030. The van der Waals surface area contributed by atoms with Crippen LogP contribution in [0.4, 0.5) is 0 Å². The minimum absolute atomic E-state index is 0.0986. The van der Waals surface area contributed by atoms with Gasteiger partial charge < -0.3 is 14.7 Å². The van der Waals surface area contributed by atoms with Crippen molar-refractivity contribution >= 4 is 11.8 Å². The van der Waals surface area contributed by atoms with E-state index in [2.05, 4.69) is 10.5 Å². The fraction of sp³-hybridized carbons (Fsp3) is 0.320. The summed E-state index contributed by atoms with van der Waals surface area (Å²) in [6, 6.07) is 21.7. The quantitative estimate of drug-likeness (QED) is 0.637. The molecule has 6 heteroatoms. The Labute approximate surface area is 182 Å². The van der Waals surface area contributed by atoms with Gasteiger partial charge >= 0.3 is 0 Å². The van der Waals surface area contributed by atoms with Crippen molar-refractivity contribution in [2.24, 2.45) is 0 Å². The number of likely N-dealkylation sites (tertiary alicyclic amines) is 1. The van der Waals surface area contributed by atoms with Crippen LogP contribution >= 0.6 is 0 Å². The molecule has 4 rings (SSSR count). The largest absolute Gasteiger partial charge is 0.361 e. The highest BCUT2D eigenvalue weighted by molar-refractivity contribution is 5.91. The lowest BCUT2D eigenvalue weighted by Gasteiger charge is -2.36. The van der Waals surface area contributed by atoms with Crippen LogP contribution in [0.25, 0.3) is 11.3 Å². The van der Waals surface area contributed by atoms with Gasteiger partial charge in [0.2, 0.25) is 11.8 Å². The van der Waals surface area contributed by atoms with Gasteiger partial charge in [0.1, 0.15) is 17.0 Å². The van der Waals surface area contributed by atoms with Crippen LogP contribution in [0.15, 0.2) is 71.3 Å². The standard InChI is InChI=1S/C25H27N3O3/c1-19(29)28-16-8-14-25(28,24(30)26-15-13-20-9-4-2-5-10-20)18-22-17-23(27-31-22)21-11-6-3-7-12-21/h2-7,9-12,17H,8,13-16,18H2,1H3,(H,26,30)/t25-/m0/s1. The van der Waals surface area contributed by atoms with Crippen molar-refractivity contribution in [1.82, 2.24) is 15.4 Å². The third-order valence-corrected chi connectivity index (χ3v) is 5.93. The first-order valence-corrected chi connectivity index (χ1v) is 10.7. The van der Waals surface area contributed by atoms with E-state index >= 15 is 0 Å². The number of amides is 2. The number of benzene rings is 2. The van der Waals surface area contributed by atoms with Crippen molar-refractivity contribution in [2.45, 2.75) is 38.1 Å². The second-order valence-corrected chi connectivity index (χ2v) is 8.02. The molecule has 0 radical (unpaired) electrons. The fourth-order valence-electron chi connectivity index (χ4n) is 4.40. The van der Waals surface area contributed by atoms with Crippen LogP contribution in [0.3, 0.4) is 0 Å². The summed E-state index contributed by atoms with van der Waals surface area (Å²) in [5, 5.41) is 7.24. The highest BCUT2D eigenvalue weighted by Crippen LogP contribution is 2.34. The zero-order chi connectivity index (χ0) is 21.7. The van der Waals surface area contributed by atoms with Gasteiger partial charge in [0.15, 0.2) is 0 Å². The number of carbonyl (C=O) groups is 2. The molecule has 1 aliphatic rings. The molecule has 3 aromatic rings. The van der Waals surface area contributed by atoms with Crippen molar-refractivity contribution in [3.8, 4) is 11.3 Å². The smallest absolute Gasteiger partial charge is 0.246 e. The van der Waals surface area contributed by atoms with E-state index in [1.54, 1.807) is 4.90 Å². The van der Waals surface area contributed by atoms with Crippen molar-refractivity contribution in [1.29, 1.82) is 0 Å². The number of nitrogens with zero attached hydrogens (tertiary/aromatic N) is 2. The molecule has 1 fully saturated rings. The Morgan fingerprint density at radius 1 is 1.10 bits per heavy atom. The summed E-state index contributed by atoms with van der Waals surface area (Å²) in [5.74, 6) is 0.373. The third kappa shape index (κ3) is 4.53. The summed E-state index contributed by atoms with van der Waals surface area (Å²) in [5.41, 5.74) is 1.89. The first-order chi connectivity index (χ1) is 15.1. The monoisotopic (exact) mass is 417 g/mol. The number of nitrogens with one attached hydrogen (secondary N) is 1. The van der Waals surface area contributed by atoms with E-state index < -0.39 is 5.54 Å². The second kappa shape index (κ2) is 9.16. The number of hydrogen-bond acceptors (Lipinski definition) is 4. The topological polar surface area (TPSA) is 75.4 Å². The normalized spacial score (nSPS) is 18.2. The van der Waals surface area contributed by atoms with Gasteiger partial charge in [0.05, 0.1) is 0 Å². The van der Waals surface area contributed by atoms with Gasteiger partial charge in [-0.2, -0.15) is 0 Å². The molecule has 0 spiro atoms. The van der Waals surface area contributed by atoms with Gasteiger partial charge in [-0.25, -0.2) is 0 Å². The number of carbonyl (C=O) groups excluding carboxylic acids is 2. The first kappa shape index (κ1) is 20.8. The molecule has 1 N–H and O–H groups in total. The minimum atomic E-state index is -0.948. The molecule has 1 saturated heterocycles. The van der Waals surface area contributed by atoms with Crippen molar-refractivity contribution < 1.29 is 14.1 Å². The van der Waals surface area contributed by atoms with E-state index in [4.69, 9.17) is 4.52 Å². The summed E-state index contributed by atoms with van der Waals surface area (Å²) < 4.78 is 5.59. The van der Waals surface area contributed by atoms with Crippen LogP contribution in [-0.2, 0) is 22.4 Å². The SMILES string of the molecule is CC(=O)N1CCC[C@]1(Cc1cc(-c2ccccc2)no1)C(=O)NCCc1ccccc1. The van der Waals surface area contributed by atoms with Crippen molar-refractivity contribution in [3.63, 3.8) is 0 Å². The molecular weight excluding hydrogens is 390 g/mol. The van der Waals surface area contributed by atoms with Crippen LogP contribution < -0.4 is 5.32 Å². The molecule has 0 bridgehead atoms. The van der Waals surface area contributed by atoms with E-state index in [1.807, 2.05) is 66.7 Å². The molecule has 6 nitrogen and oxygen atoms in total. The maximum atomic E-state index is 13.4. The summed E-state index contributed by atoms with van der Waals surface area (Å²) in [4.78, 5) is 27.5. The highest BCUT2D eigenvalue weighted by atomic mass is 16.5. The van der Waals surface area contributed by atoms with Crippen LogP contribution in [0.2, 0.25) is 0 Å². The number of rotatable bonds is 7. The van der Waals surface area contributed by atoms with Gasteiger partial charge in [0.25, 0.3) is 0 Å². The third-order valence-electron chi connectivity index (χ3n) is 5.93. The van der Waals surface area contributed by atoms with Gasteiger partial charge in [-0.3, -0.25) is 9.59 Å². The van der Waals surface area contributed by atoms with Gasteiger partial charge in [-0.05, 0) is 24.8 Å². The molecule has 2 amide bonds. The average Bonchev–Trinajstić information content (AvgIpc) is 3.43. The van der Waals surface area contributed by atoms with Crippen molar-refractivity contribution in [3.05, 3.63) is 78.1 Å². The zero-order valence-corrected chi connectivity index (χ0v) is 17.7. The Balaban J connectivity index is 1.52.